The number of ether oxygens (including phenoxy) is 1. The molecule has 0 radical (unpaired) electrons. The van der Waals surface area contributed by atoms with Crippen molar-refractivity contribution in [1.29, 1.82) is 0 Å². The van der Waals surface area contributed by atoms with Gasteiger partial charge in [0, 0.05) is 0 Å². The van der Waals surface area contributed by atoms with Crippen LogP contribution in [-0.4, -0.2) is 46.6 Å². The molecule has 1 unspecified atom stereocenters. The van der Waals surface area contributed by atoms with Crippen molar-refractivity contribution in [3.63, 3.8) is 0 Å². The normalized spacial score (nSPS) is 14.7. The number of rotatable bonds is 5. The van der Waals surface area contributed by atoms with Crippen molar-refractivity contribution in [1.82, 2.24) is 5.32 Å². The van der Waals surface area contributed by atoms with Crippen LogP contribution in [0, 0.1) is 0 Å². The highest BCUT2D eigenvalue weighted by atomic mass is 16.6. The van der Waals surface area contributed by atoms with Crippen molar-refractivity contribution in [2.24, 2.45) is 0 Å². The summed E-state index contributed by atoms with van der Waals surface area (Å²) in [6.07, 6.45) is 0. The quantitative estimate of drug-likeness (QED) is 0.585. The lowest BCUT2D eigenvalue weighted by Crippen LogP contribution is -2.55. The summed E-state index contributed by atoms with van der Waals surface area (Å²) in [5.41, 5.74) is -1.42. The molecule has 0 spiro atoms. The van der Waals surface area contributed by atoms with Gasteiger partial charge in [0.1, 0.15) is 11.6 Å². The van der Waals surface area contributed by atoms with Gasteiger partial charge in [-0.1, -0.05) is 0 Å². The third-order valence-corrected chi connectivity index (χ3v) is 2.02. The van der Waals surface area contributed by atoms with E-state index in [9.17, 15) is 4.79 Å². The predicted molar refractivity (Wildman–Crippen MR) is 61.0 cm³/mol. The second-order valence-corrected chi connectivity index (χ2v) is 5.28. The van der Waals surface area contributed by atoms with Crippen LogP contribution >= 0.6 is 0 Å². The molecule has 5 heteroatoms. The molecule has 0 aliphatic heterocycles. The van der Waals surface area contributed by atoms with E-state index in [1.165, 1.54) is 0 Å². The minimum atomic E-state index is -0.879. The van der Waals surface area contributed by atoms with E-state index in [-0.39, 0.29) is 13.2 Å². The molecule has 0 saturated carbocycles. The maximum Gasteiger partial charge on any atom is 0.323 e. The van der Waals surface area contributed by atoms with Gasteiger partial charge in [0.05, 0.1) is 18.8 Å². The molecule has 0 bridgehead atoms. The minimum Gasteiger partial charge on any atom is -0.459 e. The number of aliphatic hydroxyl groups excluding tert-OH is 2. The maximum atomic E-state index is 11.6. The Bertz CT molecular complexity index is 231. The summed E-state index contributed by atoms with van der Waals surface area (Å²) in [5, 5.41) is 21.0. The second-order valence-electron chi connectivity index (χ2n) is 5.28. The molecule has 0 aromatic heterocycles. The van der Waals surface area contributed by atoms with E-state index < -0.39 is 23.2 Å². The number of carbonyl (C=O) groups excluding carboxylic acids is 1. The van der Waals surface area contributed by atoms with Crippen LogP contribution in [0.2, 0.25) is 0 Å². The van der Waals surface area contributed by atoms with Crippen molar-refractivity contribution in [2.75, 3.05) is 13.2 Å². The highest BCUT2D eigenvalue weighted by molar-refractivity contribution is 5.75. The zero-order valence-corrected chi connectivity index (χ0v) is 10.7. The van der Waals surface area contributed by atoms with E-state index in [2.05, 4.69) is 5.32 Å². The minimum absolute atomic E-state index is 0.253. The van der Waals surface area contributed by atoms with E-state index in [1.807, 2.05) is 0 Å². The summed E-state index contributed by atoms with van der Waals surface area (Å²) in [4.78, 5) is 11.6. The highest BCUT2D eigenvalue weighted by Crippen LogP contribution is 2.10. The smallest absolute Gasteiger partial charge is 0.323 e. The van der Waals surface area contributed by atoms with E-state index in [0.717, 1.165) is 0 Å². The number of esters is 1. The molecule has 0 aromatic rings. The average Bonchev–Trinajstić information content (AvgIpc) is 2.15. The van der Waals surface area contributed by atoms with E-state index in [4.69, 9.17) is 14.9 Å². The van der Waals surface area contributed by atoms with E-state index in [0.29, 0.717) is 0 Å². The number of hydrogen-bond donors (Lipinski definition) is 3. The van der Waals surface area contributed by atoms with Crippen LogP contribution in [0.1, 0.15) is 34.6 Å². The van der Waals surface area contributed by atoms with Crippen molar-refractivity contribution < 1.29 is 19.7 Å². The Hall–Kier alpha value is -0.650. The average molecular weight is 233 g/mol. The van der Waals surface area contributed by atoms with Gasteiger partial charge in [0.2, 0.25) is 0 Å². The first kappa shape index (κ1) is 15.3. The monoisotopic (exact) mass is 233 g/mol. The summed E-state index contributed by atoms with van der Waals surface area (Å²) in [6, 6.07) is -0.580. The fourth-order valence-corrected chi connectivity index (χ4v) is 1.11. The molecule has 0 aromatic carbocycles. The summed E-state index contributed by atoms with van der Waals surface area (Å²) in [7, 11) is 0. The van der Waals surface area contributed by atoms with Gasteiger partial charge in [0.15, 0.2) is 0 Å². The molecule has 0 fully saturated rings. The third-order valence-electron chi connectivity index (χ3n) is 2.02. The van der Waals surface area contributed by atoms with Crippen molar-refractivity contribution in [3.05, 3.63) is 0 Å². The van der Waals surface area contributed by atoms with Gasteiger partial charge in [0.25, 0.3) is 0 Å². The first-order chi connectivity index (χ1) is 7.13. The summed E-state index contributed by atoms with van der Waals surface area (Å²) >= 11 is 0. The Morgan fingerprint density at radius 2 is 1.69 bits per heavy atom. The van der Waals surface area contributed by atoms with E-state index in [1.54, 1.807) is 34.6 Å². The summed E-state index contributed by atoms with van der Waals surface area (Å²) < 4.78 is 5.17. The van der Waals surface area contributed by atoms with Crippen molar-refractivity contribution >= 4 is 5.97 Å². The molecule has 96 valence electrons. The van der Waals surface area contributed by atoms with Crippen LogP contribution in [0.5, 0.6) is 0 Å². The van der Waals surface area contributed by atoms with Crippen LogP contribution in [0.25, 0.3) is 0 Å². The predicted octanol–water partition coefficient (Wildman–Crippen LogP) is 0.0495. The molecular weight excluding hydrogens is 210 g/mol. The number of hydrogen-bond acceptors (Lipinski definition) is 5. The van der Waals surface area contributed by atoms with Gasteiger partial charge < -0.3 is 14.9 Å². The van der Waals surface area contributed by atoms with E-state index >= 15 is 0 Å². The molecular formula is C11H23NO4. The van der Waals surface area contributed by atoms with Gasteiger partial charge in [-0.3, -0.25) is 10.1 Å². The first-order valence-electron chi connectivity index (χ1n) is 5.36. The number of aliphatic hydroxyl groups is 2. The van der Waals surface area contributed by atoms with Crippen molar-refractivity contribution in [2.45, 2.75) is 51.8 Å². The fraction of sp³-hybridized carbons (Fsp3) is 0.909. The van der Waals surface area contributed by atoms with Gasteiger partial charge in [-0.2, -0.15) is 0 Å². The molecule has 0 saturated heterocycles. The Labute approximate surface area is 96.8 Å². The first-order valence-corrected chi connectivity index (χ1v) is 5.36. The number of carbonyl (C=O) groups is 1. The van der Waals surface area contributed by atoms with Gasteiger partial charge >= 0.3 is 5.97 Å². The Morgan fingerprint density at radius 1 is 1.25 bits per heavy atom. The SMILES string of the molecule is CC(NC(C)(CO)CO)C(=O)OC(C)(C)C. The Kier molecular flexibility index (Phi) is 5.38. The topological polar surface area (TPSA) is 78.8 Å². The lowest BCUT2D eigenvalue weighted by atomic mass is 10.0. The van der Waals surface area contributed by atoms with Gasteiger partial charge in [-0.05, 0) is 34.6 Å². The molecule has 0 amide bonds. The fourth-order valence-electron chi connectivity index (χ4n) is 1.11. The van der Waals surface area contributed by atoms with Gasteiger partial charge in [-0.25, -0.2) is 0 Å². The maximum absolute atomic E-state index is 11.6. The second kappa shape index (κ2) is 5.61. The summed E-state index contributed by atoms with van der Waals surface area (Å²) in [6.45, 7) is 8.12. The molecule has 0 aliphatic rings. The standard InChI is InChI=1S/C11H23NO4/c1-8(9(15)16-10(2,3)4)12-11(5,6-13)7-14/h8,12-14H,6-7H2,1-5H3. The third kappa shape index (κ3) is 5.44. The van der Waals surface area contributed by atoms with Crippen LogP contribution in [-0.2, 0) is 9.53 Å². The lowest BCUT2D eigenvalue weighted by Gasteiger charge is -2.31. The molecule has 5 nitrogen and oxygen atoms in total. The van der Waals surface area contributed by atoms with Crippen LogP contribution in [0.15, 0.2) is 0 Å². The van der Waals surface area contributed by atoms with Crippen LogP contribution in [0.4, 0.5) is 0 Å². The summed E-state index contributed by atoms with van der Waals surface area (Å²) in [5.74, 6) is -0.402. The Morgan fingerprint density at radius 3 is 2.00 bits per heavy atom. The largest absolute Gasteiger partial charge is 0.459 e. The molecule has 0 rings (SSSR count). The number of nitrogens with one attached hydrogen (secondary N) is 1. The highest BCUT2D eigenvalue weighted by Gasteiger charge is 2.29. The van der Waals surface area contributed by atoms with Crippen LogP contribution < -0.4 is 5.32 Å². The molecule has 1 atom stereocenters. The zero-order valence-electron chi connectivity index (χ0n) is 10.7. The Balaban J connectivity index is 4.36. The molecule has 0 heterocycles. The molecule has 0 aliphatic carbocycles. The molecule has 3 N–H and O–H groups in total. The lowest BCUT2D eigenvalue weighted by molar-refractivity contribution is -0.157. The van der Waals surface area contributed by atoms with Crippen molar-refractivity contribution in [3.8, 4) is 0 Å². The van der Waals surface area contributed by atoms with Crippen LogP contribution in [0.3, 0.4) is 0 Å². The zero-order chi connectivity index (χ0) is 13.0. The molecule has 16 heavy (non-hydrogen) atoms. The van der Waals surface area contributed by atoms with Gasteiger partial charge in [-0.15, -0.1) is 0 Å².